The average Bonchev–Trinajstić information content (AvgIpc) is 3.47. The normalized spacial score (nSPS) is 12.2. The quantitative estimate of drug-likeness (QED) is 0.0261. The monoisotopic (exact) mass is 1140 g/mol. The molecule has 0 aromatic carbocycles. The first-order chi connectivity index (χ1) is 40.0. The molecule has 1 atom stereocenters. The summed E-state index contributed by atoms with van der Waals surface area (Å²) in [6, 6.07) is 0. The second kappa shape index (κ2) is 70.1. The van der Waals surface area contributed by atoms with Crippen molar-refractivity contribution in [3.05, 3.63) is 36.5 Å². The van der Waals surface area contributed by atoms with E-state index in [1.54, 1.807) is 0 Å². The van der Waals surface area contributed by atoms with E-state index in [0.717, 1.165) is 57.8 Å². The van der Waals surface area contributed by atoms with Crippen LogP contribution in [0, 0.1) is 0 Å². The fraction of sp³-hybridized carbons (Fsp3) is 0.880. The zero-order valence-corrected chi connectivity index (χ0v) is 54.8. The van der Waals surface area contributed by atoms with Crippen molar-refractivity contribution >= 4 is 17.9 Å². The molecule has 476 valence electrons. The summed E-state index contributed by atoms with van der Waals surface area (Å²) in [7, 11) is 0. The first kappa shape index (κ1) is 78.6. The van der Waals surface area contributed by atoms with Gasteiger partial charge in [0.2, 0.25) is 0 Å². The van der Waals surface area contributed by atoms with Crippen LogP contribution in [0.2, 0.25) is 0 Å². The van der Waals surface area contributed by atoms with Crippen molar-refractivity contribution in [2.24, 2.45) is 0 Å². The molecule has 0 rings (SSSR count). The fourth-order valence-corrected chi connectivity index (χ4v) is 11.1. The molecule has 0 bridgehead atoms. The molecular formula is C75H140O6. The Bertz CT molecular complexity index is 1350. The second-order valence-electron chi connectivity index (χ2n) is 24.8. The van der Waals surface area contributed by atoms with Crippen molar-refractivity contribution < 1.29 is 28.6 Å². The van der Waals surface area contributed by atoms with Crippen LogP contribution in [0.25, 0.3) is 0 Å². The van der Waals surface area contributed by atoms with Crippen LogP contribution in [0.15, 0.2) is 36.5 Å². The number of hydrogen-bond donors (Lipinski definition) is 0. The van der Waals surface area contributed by atoms with Crippen molar-refractivity contribution in [1.29, 1.82) is 0 Å². The van der Waals surface area contributed by atoms with Crippen LogP contribution in [0.5, 0.6) is 0 Å². The lowest BCUT2D eigenvalue weighted by Gasteiger charge is -2.18. The van der Waals surface area contributed by atoms with E-state index in [2.05, 4.69) is 57.2 Å². The summed E-state index contributed by atoms with van der Waals surface area (Å²) in [6.45, 7) is 6.71. The lowest BCUT2D eigenvalue weighted by molar-refractivity contribution is -0.167. The van der Waals surface area contributed by atoms with Crippen molar-refractivity contribution in [3.8, 4) is 0 Å². The molecule has 0 aromatic heterocycles. The molecule has 0 heterocycles. The van der Waals surface area contributed by atoms with Crippen molar-refractivity contribution in [2.75, 3.05) is 13.2 Å². The molecule has 6 heteroatoms. The van der Waals surface area contributed by atoms with Gasteiger partial charge in [-0.2, -0.15) is 0 Å². The molecule has 0 saturated heterocycles. The van der Waals surface area contributed by atoms with Crippen LogP contribution in [-0.2, 0) is 28.6 Å². The summed E-state index contributed by atoms with van der Waals surface area (Å²) in [5, 5.41) is 0. The van der Waals surface area contributed by atoms with Crippen LogP contribution in [0.4, 0.5) is 0 Å². The van der Waals surface area contributed by atoms with Crippen LogP contribution >= 0.6 is 0 Å². The molecule has 0 aliphatic rings. The number of esters is 3. The van der Waals surface area contributed by atoms with Crippen molar-refractivity contribution in [3.63, 3.8) is 0 Å². The summed E-state index contributed by atoms with van der Waals surface area (Å²) in [6.07, 6.45) is 87.4. The molecule has 0 aliphatic carbocycles. The minimum atomic E-state index is -0.774. The highest BCUT2D eigenvalue weighted by Crippen LogP contribution is 2.18. The largest absolute Gasteiger partial charge is 0.462 e. The highest BCUT2D eigenvalue weighted by Gasteiger charge is 2.19. The van der Waals surface area contributed by atoms with Gasteiger partial charge in [-0.3, -0.25) is 14.4 Å². The van der Waals surface area contributed by atoms with E-state index >= 15 is 0 Å². The summed E-state index contributed by atoms with van der Waals surface area (Å²) in [5.74, 6) is -0.843. The lowest BCUT2D eigenvalue weighted by atomic mass is 10.0. The lowest BCUT2D eigenvalue weighted by Crippen LogP contribution is -2.30. The molecule has 0 spiro atoms. The molecule has 0 radical (unpaired) electrons. The predicted octanol–water partition coefficient (Wildman–Crippen LogP) is 25.1. The first-order valence-corrected chi connectivity index (χ1v) is 36.5. The predicted molar refractivity (Wildman–Crippen MR) is 353 cm³/mol. The molecular weight excluding hydrogens is 997 g/mol. The Labute approximate surface area is 506 Å². The molecule has 0 saturated carbocycles. The SMILES string of the molecule is CCCCCCCC/C=C\CCCCCCCCCCCC(=O)OCC(COC(=O)CCCCCCCCCCCCCCC/C=C\CCCCCCCCCC)OC(=O)CCCCCCCCCCC/C=C\CCCCCCCC. The van der Waals surface area contributed by atoms with Gasteiger partial charge in [-0.15, -0.1) is 0 Å². The van der Waals surface area contributed by atoms with Gasteiger partial charge in [0, 0.05) is 19.3 Å². The Morgan fingerprint density at radius 2 is 0.407 bits per heavy atom. The van der Waals surface area contributed by atoms with E-state index in [0.29, 0.717) is 19.3 Å². The minimum absolute atomic E-state index is 0.0694. The van der Waals surface area contributed by atoms with E-state index < -0.39 is 6.10 Å². The number of ether oxygens (including phenoxy) is 3. The third kappa shape index (κ3) is 68.3. The Morgan fingerprint density at radius 3 is 0.617 bits per heavy atom. The third-order valence-corrected chi connectivity index (χ3v) is 16.6. The molecule has 0 amide bonds. The van der Waals surface area contributed by atoms with Gasteiger partial charge in [0.25, 0.3) is 0 Å². The number of carbonyl (C=O) groups excluding carboxylic acids is 3. The average molecular weight is 1140 g/mol. The minimum Gasteiger partial charge on any atom is -0.462 e. The van der Waals surface area contributed by atoms with Gasteiger partial charge in [-0.1, -0.05) is 327 Å². The molecule has 0 fully saturated rings. The summed E-state index contributed by atoms with van der Waals surface area (Å²) < 4.78 is 17.0. The molecule has 0 N–H and O–H groups in total. The standard InChI is InChI=1S/C75H140O6/c1-4-7-10-13-16-19-22-25-28-31-34-35-36-37-38-39-42-44-47-50-53-56-59-62-65-68-74(77)80-71-72(81-75(78)69-66-63-60-57-54-51-48-45-41-33-30-27-24-21-18-15-12-9-6-3)70-79-73(76)67-64-61-58-55-52-49-46-43-40-32-29-26-23-20-17-14-11-8-5-2/h26-27,29-31,34,72H,4-25,28,32-33,35-71H2,1-3H3/b29-26-,30-27-,34-31-. The van der Waals surface area contributed by atoms with Crippen molar-refractivity contribution in [2.45, 2.75) is 412 Å². The van der Waals surface area contributed by atoms with E-state index in [-0.39, 0.29) is 31.1 Å². The van der Waals surface area contributed by atoms with Crippen LogP contribution in [0.1, 0.15) is 406 Å². The van der Waals surface area contributed by atoms with Crippen LogP contribution in [0.3, 0.4) is 0 Å². The Hall–Kier alpha value is -2.37. The molecule has 1 unspecified atom stereocenters. The highest BCUT2D eigenvalue weighted by molar-refractivity contribution is 5.71. The maximum absolute atomic E-state index is 13.0. The molecule has 6 nitrogen and oxygen atoms in total. The molecule has 0 aromatic rings. The van der Waals surface area contributed by atoms with Crippen LogP contribution in [-0.4, -0.2) is 37.2 Å². The summed E-state index contributed by atoms with van der Waals surface area (Å²) in [4.78, 5) is 38.5. The van der Waals surface area contributed by atoms with Crippen LogP contribution < -0.4 is 0 Å². The number of rotatable bonds is 68. The zero-order chi connectivity index (χ0) is 58.5. The summed E-state index contributed by atoms with van der Waals surface area (Å²) in [5.41, 5.74) is 0. The van der Waals surface area contributed by atoms with Gasteiger partial charge in [0.05, 0.1) is 0 Å². The van der Waals surface area contributed by atoms with Crippen molar-refractivity contribution in [1.82, 2.24) is 0 Å². The first-order valence-electron chi connectivity index (χ1n) is 36.5. The number of unbranched alkanes of at least 4 members (excludes halogenated alkanes) is 51. The van der Waals surface area contributed by atoms with Gasteiger partial charge < -0.3 is 14.2 Å². The van der Waals surface area contributed by atoms with Gasteiger partial charge in [0.15, 0.2) is 6.10 Å². The maximum atomic E-state index is 13.0. The highest BCUT2D eigenvalue weighted by atomic mass is 16.6. The Morgan fingerprint density at radius 1 is 0.235 bits per heavy atom. The number of allylic oxidation sites excluding steroid dienone is 6. The topological polar surface area (TPSA) is 78.9 Å². The Balaban J connectivity index is 4.29. The van der Waals surface area contributed by atoms with Gasteiger partial charge in [0.1, 0.15) is 13.2 Å². The van der Waals surface area contributed by atoms with E-state index in [1.807, 2.05) is 0 Å². The smallest absolute Gasteiger partial charge is 0.306 e. The number of hydrogen-bond acceptors (Lipinski definition) is 6. The second-order valence-corrected chi connectivity index (χ2v) is 24.8. The van der Waals surface area contributed by atoms with Gasteiger partial charge >= 0.3 is 17.9 Å². The molecule has 0 aliphatic heterocycles. The maximum Gasteiger partial charge on any atom is 0.306 e. The summed E-state index contributed by atoms with van der Waals surface area (Å²) >= 11 is 0. The zero-order valence-electron chi connectivity index (χ0n) is 54.8. The van der Waals surface area contributed by atoms with Gasteiger partial charge in [-0.25, -0.2) is 0 Å². The third-order valence-electron chi connectivity index (χ3n) is 16.6. The fourth-order valence-electron chi connectivity index (χ4n) is 11.1. The van der Waals surface area contributed by atoms with E-state index in [1.165, 1.54) is 308 Å². The van der Waals surface area contributed by atoms with Gasteiger partial charge in [-0.05, 0) is 96.3 Å². The number of carbonyl (C=O) groups is 3. The van der Waals surface area contributed by atoms with E-state index in [9.17, 15) is 14.4 Å². The Kier molecular flexibility index (Phi) is 68.1. The van der Waals surface area contributed by atoms with E-state index in [4.69, 9.17) is 14.2 Å². The molecule has 81 heavy (non-hydrogen) atoms.